The second-order valence-corrected chi connectivity index (χ2v) is 7.07. The summed E-state index contributed by atoms with van der Waals surface area (Å²) in [5.41, 5.74) is 2.39. The average molecular weight is 377 g/mol. The van der Waals surface area contributed by atoms with Crippen LogP contribution in [0.4, 0.5) is 9.18 Å². The van der Waals surface area contributed by atoms with E-state index >= 15 is 0 Å². The number of aromatic nitrogens is 1. The van der Waals surface area contributed by atoms with Gasteiger partial charge in [0, 0.05) is 34.3 Å². The van der Waals surface area contributed by atoms with Crippen LogP contribution in [0.3, 0.4) is 0 Å². The molecule has 0 unspecified atom stereocenters. The predicted molar refractivity (Wildman–Crippen MR) is 106 cm³/mol. The summed E-state index contributed by atoms with van der Waals surface area (Å²) >= 11 is 0. The minimum absolute atomic E-state index is 0.109. The van der Waals surface area contributed by atoms with Crippen molar-refractivity contribution >= 4 is 28.9 Å². The van der Waals surface area contributed by atoms with Crippen LogP contribution < -0.4 is 5.32 Å². The Morgan fingerprint density at radius 3 is 2.54 bits per heavy atom. The summed E-state index contributed by atoms with van der Waals surface area (Å²) in [7, 11) is 0. The molecule has 1 aliphatic heterocycles. The number of carbonyl (C=O) groups excluding carboxylic acids is 2. The van der Waals surface area contributed by atoms with E-state index in [9.17, 15) is 14.0 Å². The number of hydrogen-bond acceptors (Lipinski definition) is 2. The molecule has 0 aliphatic carbocycles. The molecular formula is C22H20FN3O2. The van der Waals surface area contributed by atoms with Crippen molar-refractivity contribution in [2.45, 2.75) is 26.4 Å². The van der Waals surface area contributed by atoms with E-state index in [2.05, 4.69) is 23.7 Å². The Morgan fingerprint density at radius 2 is 1.79 bits per heavy atom. The van der Waals surface area contributed by atoms with E-state index in [1.807, 2.05) is 30.5 Å². The summed E-state index contributed by atoms with van der Waals surface area (Å²) in [6.45, 7) is 4.06. The van der Waals surface area contributed by atoms with E-state index in [1.165, 1.54) is 6.07 Å². The molecule has 1 aliphatic rings. The first-order valence-corrected chi connectivity index (χ1v) is 9.13. The van der Waals surface area contributed by atoms with E-state index in [-0.39, 0.29) is 18.3 Å². The van der Waals surface area contributed by atoms with E-state index in [4.69, 9.17) is 0 Å². The topological polar surface area (TPSA) is 54.3 Å². The predicted octanol–water partition coefficient (Wildman–Crippen LogP) is 4.45. The molecule has 2 heterocycles. The van der Waals surface area contributed by atoms with Crippen LogP contribution in [-0.4, -0.2) is 21.4 Å². The van der Waals surface area contributed by atoms with Crippen molar-refractivity contribution in [3.8, 4) is 0 Å². The van der Waals surface area contributed by atoms with Gasteiger partial charge in [0.2, 0.25) is 0 Å². The lowest BCUT2D eigenvalue weighted by Gasteiger charge is -2.12. The van der Waals surface area contributed by atoms with Gasteiger partial charge in [-0.3, -0.25) is 9.69 Å². The fourth-order valence-electron chi connectivity index (χ4n) is 3.44. The zero-order valence-electron chi connectivity index (χ0n) is 15.6. The third-order valence-electron chi connectivity index (χ3n) is 4.88. The van der Waals surface area contributed by atoms with Gasteiger partial charge in [0.1, 0.15) is 11.5 Å². The summed E-state index contributed by atoms with van der Waals surface area (Å²) < 4.78 is 16.0. The van der Waals surface area contributed by atoms with Gasteiger partial charge < -0.3 is 9.88 Å². The number of benzene rings is 2. The highest BCUT2D eigenvalue weighted by Crippen LogP contribution is 2.27. The Labute approximate surface area is 162 Å². The van der Waals surface area contributed by atoms with Crippen LogP contribution in [0, 0.1) is 5.82 Å². The zero-order valence-corrected chi connectivity index (χ0v) is 15.6. The molecule has 1 N–H and O–H groups in total. The molecule has 0 saturated carbocycles. The first kappa shape index (κ1) is 18.0. The molecule has 1 saturated heterocycles. The lowest BCUT2D eigenvalue weighted by atomic mass is 10.1. The van der Waals surface area contributed by atoms with Crippen LogP contribution in [0.2, 0.25) is 0 Å². The smallest absolute Gasteiger partial charge is 0.329 e. The van der Waals surface area contributed by atoms with E-state index in [0.29, 0.717) is 5.56 Å². The standard InChI is InChI=1S/C22H20FN3O2/c1-14(2)25-13-16(17-8-4-6-10-20(17)25)11-19-21(27)26(22(28)24-19)12-15-7-3-5-9-18(15)23/h3-11,13-14H,12H2,1-2H3,(H,24,28)/b19-11+. The molecule has 4 rings (SSSR count). The van der Waals surface area contributed by atoms with E-state index in [0.717, 1.165) is 21.4 Å². The lowest BCUT2D eigenvalue weighted by molar-refractivity contribution is -0.123. The number of urea groups is 1. The second-order valence-electron chi connectivity index (χ2n) is 7.07. The Kier molecular flexibility index (Phi) is 4.47. The molecule has 28 heavy (non-hydrogen) atoms. The number of fused-ring (bicyclic) bond motifs is 1. The Bertz CT molecular complexity index is 1110. The molecule has 0 bridgehead atoms. The second kappa shape index (κ2) is 6.96. The highest BCUT2D eigenvalue weighted by Gasteiger charge is 2.34. The van der Waals surface area contributed by atoms with E-state index in [1.54, 1.807) is 24.3 Å². The third kappa shape index (κ3) is 3.07. The van der Waals surface area contributed by atoms with Crippen LogP contribution in [0.25, 0.3) is 17.0 Å². The van der Waals surface area contributed by atoms with Gasteiger partial charge in [-0.25, -0.2) is 9.18 Å². The number of rotatable bonds is 4. The maximum absolute atomic E-state index is 13.9. The molecule has 3 aromatic rings. The van der Waals surface area contributed by atoms with Crippen LogP contribution in [-0.2, 0) is 11.3 Å². The number of amides is 3. The fourth-order valence-corrected chi connectivity index (χ4v) is 3.44. The van der Waals surface area contributed by atoms with Gasteiger partial charge in [0.25, 0.3) is 5.91 Å². The maximum Gasteiger partial charge on any atom is 0.329 e. The molecule has 6 heteroatoms. The number of carbonyl (C=O) groups is 2. The van der Waals surface area contributed by atoms with Crippen molar-refractivity contribution in [2.75, 3.05) is 0 Å². The van der Waals surface area contributed by atoms with E-state index < -0.39 is 17.8 Å². The third-order valence-corrected chi connectivity index (χ3v) is 4.88. The van der Waals surface area contributed by atoms with Crippen LogP contribution >= 0.6 is 0 Å². The molecule has 1 fully saturated rings. The molecule has 0 atom stereocenters. The van der Waals surface area contributed by atoms with Crippen molar-refractivity contribution in [2.24, 2.45) is 0 Å². The van der Waals surface area contributed by atoms with Gasteiger partial charge in [-0.05, 0) is 32.1 Å². The van der Waals surface area contributed by atoms with Gasteiger partial charge >= 0.3 is 6.03 Å². The van der Waals surface area contributed by atoms with Gasteiger partial charge in [-0.2, -0.15) is 0 Å². The van der Waals surface area contributed by atoms with Crippen molar-refractivity contribution in [3.63, 3.8) is 0 Å². The minimum Gasteiger partial charge on any atom is -0.344 e. The molecule has 0 spiro atoms. The van der Waals surface area contributed by atoms with Gasteiger partial charge in [0.15, 0.2) is 0 Å². The molecule has 1 aromatic heterocycles. The minimum atomic E-state index is -0.549. The largest absolute Gasteiger partial charge is 0.344 e. The fraction of sp³-hybridized carbons (Fsp3) is 0.182. The zero-order chi connectivity index (χ0) is 19.8. The SMILES string of the molecule is CC(C)n1cc(/C=C2/NC(=O)N(Cc3ccccc3F)C2=O)c2ccccc21. The van der Waals surface area contributed by atoms with Crippen molar-refractivity contribution in [1.29, 1.82) is 0 Å². The molecule has 5 nitrogen and oxygen atoms in total. The Balaban J connectivity index is 1.68. The molecule has 2 aromatic carbocycles. The average Bonchev–Trinajstić information content (AvgIpc) is 3.17. The van der Waals surface area contributed by atoms with Gasteiger partial charge in [-0.15, -0.1) is 0 Å². The first-order valence-electron chi connectivity index (χ1n) is 9.13. The lowest BCUT2D eigenvalue weighted by Crippen LogP contribution is -2.30. The first-order chi connectivity index (χ1) is 13.5. The highest BCUT2D eigenvalue weighted by atomic mass is 19.1. The summed E-state index contributed by atoms with van der Waals surface area (Å²) in [5, 5.41) is 3.61. The Morgan fingerprint density at radius 1 is 1.07 bits per heavy atom. The number of halogens is 1. The molecule has 142 valence electrons. The monoisotopic (exact) mass is 377 g/mol. The highest BCUT2D eigenvalue weighted by molar-refractivity contribution is 6.14. The normalized spacial score (nSPS) is 15.9. The van der Waals surface area contributed by atoms with Gasteiger partial charge in [-0.1, -0.05) is 36.4 Å². The van der Waals surface area contributed by atoms with Crippen molar-refractivity contribution < 1.29 is 14.0 Å². The summed E-state index contributed by atoms with van der Waals surface area (Å²) in [6.07, 6.45) is 3.66. The quantitative estimate of drug-likeness (QED) is 0.539. The van der Waals surface area contributed by atoms with Crippen molar-refractivity contribution in [1.82, 2.24) is 14.8 Å². The number of nitrogens with zero attached hydrogens (tertiary/aromatic N) is 2. The van der Waals surface area contributed by atoms with Crippen LogP contribution in [0.15, 0.2) is 60.4 Å². The number of hydrogen-bond donors (Lipinski definition) is 1. The molecule has 3 amide bonds. The van der Waals surface area contributed by atoms with Crippen molar-refractivity contribution in [3.05, 3.63) is 77.4 Å². The summed E-state index contributed by atoms with van der Waals surface area (Å²) in [5.74, 6) is -0.907. The maximum atomic E-state index is 13.9. The van der Waals surface area contributed by atoms with Crippen LogP contribution in [0.5, 0.6) is 0 Å². The van der Waals surface area contributed by atoms with Crippen LogP contribution in [0.1, 0.15) is 31.0 Å². The number of para-hydroxylation sites is 1. The molecular weight excluding hydrogens is 357 g/mol. The Hall–Kier alpha value is -3.41. The number of nitrogens with one attached hydrogen (secondary N) is 1. The van der Waals surface area contributed by atoms with Gasteiger partial charge in [0.05, 0.1) is 6.54 Å². The summed E-state index contributed by atoms with van der Waals surface area (Å²) in [6, 6.07) is 13.7. The number of imide groups is 1. The summed E-state index contributed by atoms with van der Waals surface area (Å²) in [4.78, 5) is 26.1. The molecule has 0 radical (unpaired) electrons.